The molecule has 12 nitrogen and oxygen atoms in total. The zero-order chi connectivity index (χ0) is 19.3. The number of aromatic nitrogens is 2. The van der Waals surface area contributed by atoms with Gasteiger partial charge in [-0.25, -0.2) is 9.36 Å². The van der Waals surface area contributed by atoms with Crippen molar-refractivity contribution in [2.24, 2.45) is 0 Å². The van der Waals surface area contributed by atoms with E-state index in [4.69, 9.17) is 24.0 Å². The van der Waals surface area contributed by atoms with Crippen LogP contribution in [0.25, 0.3) is 0 Å². The predicted octanol–water partition coefficient (Wildman–Crippen LogP) is -1.06. The molecule has 2 fully saturated rings. The second kappa shape index (κ2) is 6.40. The van der Waals surface area contributed by atoms with Gasteiger partial charge in [-0.05, 0) is 13.8 Å². The molecule has 13 heteroatoms. The SMILES string of the molecule is CC1(C)O[C@@H]2[C@H](O1)[C@@H](COP(=O)(O)O)O[C@H]2n1c(C#N)cc(=O)[nH]c1=O. The molecule has 2 saturated heterocycles. The maximum Gasteiger partial charge on any atom is 0.469 e. The standard InChI is InChI=1S/C13H16N3O9P/c1-13(2)24-9-7(5-22-26(19,20)21)23-11(10(9)25-13)16-6(4-14)3-8(17)15-12(16)18/h3,7,9-11H,5H2,1-2H3,(H,15,17,18)(H2,19,20,21)/t7-,9-,10-,11-/m1/s1. The summed E-state index contributed by atoms with van der Waals surface area (Å²) in [5, 5.41) is 9.23. The average Bonchev–Trinajstić information content (AvgIpc) is 2.97. The van der Waals surface area contributed by atoms with E-state index in [1.807, 2.05) is 4.98 Å². The van der Waals surface area contributed by atoms with Crippen molar-refractivity contribution in [1.82, 2.24) is 9.55 Å². The normalized spacial score (nSPS) is 30.1. The highest BCUT2D eigenvalue weighted by atomic mass is 31.2. The van der Waals surface area contributed by atoms with Gasteiger partial charge in [0.05, 0.1) is 6.61 Å². The molecule has 3 N–H and O–H groups in total. The van der Waals surface area contributed by atoms with Crippen molar-refractivity contribution in [3.05, 3.63) is 32.6 Å². The van der Waals surface area contributed by atoms with Crippen molar-refractivity contribution in [2.75, 3.05) is 6.61 Å². The molecule has 142 valence electrons. The number of nitrogens with one attached hydrogen (secondary N) is 1. The average molecular weight is 389 g/mol. The number of phosphoric acid groups is 1. The highest BCUT2D eigenvalue weighted by Gasteiger charge is 2.56. The molecular weight excluding hydrogens is 373 g/mol. The highest BCUT2D eigenvalue weighted by Crippen LogP contribution is 2.44. The fourth-order valence-electron chi connectivity index (χ4n) is 3.02. The van der Waals surface area contributed by atoms with E-state index >= 15 is 0 Å². The first-order valence-electron chi connectivity index (χ1n) is 7.48. The number of phosphoric ester groups is 1. The van der Waals surface area contributed by atoms with Crippen LogP contribution in [0.2, 0.25) is 0 Å². The first-order valence-corrected chi connectivity index (χ1v) is 9.01. The number of H-pyrrole nitrogens is 1. The van der Waals surface area contributed by atoms with E-state index in [9.17, 15) is 19.4 Å². The van der Waals surface area contributed by atoms with Gasteiger partial charge in [0.15, 0.2) is 12.0 Å². The van der Waals surface area contributed by atoms with Crippen LogP contribution in [0.4, 0.5) is 0 Å². The Hall–Kier alpha value is -1.84. The molecule has 0 amide bonds. The van der Waals surface area contributed by atoms with Crippen molar-refractivity contribution in [3.8, 4) is 6.07 Å². The smallest absolute Gasteiger partial charge is 0.346 e. The topological polar surface area (TPSA) is 173 Å². The number of fused-ring (bicyclic) bond motifs is 1. The van der Waals surface area contributed by atoms with Crippen LogP contribution in [0.5, 0.6) is 0 Å². The van der Waals surface area contributed by atoms with Crippen LogP contribution in [-0.4, -0.2) is 50.0 Å². The molecule has 0 spiro atoms. The molecular formula is C13H16N3O9P. The van der Waals surface area contributed by atoms with E-state index in [0.717, 1.165) is 10.6 Å². The van der Waals surface area contributed by atoms with E-state index in [-0.39, 0.29) is 5.69 Å². The summed E-state index contributed by atoms with van der Waals surface area (Å²) in [4.78, 5) is 43.4. The minimum atomic E-state index is -4.75. The minimum Gasteiger partial charge on any atom is -0.346 e. The number of rotatable bonds is 4. The summed E-state index contributed by atoms with van der Waals surface area (Å²) in [6.07, 6.45) is -3.83. The van der Waals surface area contributed by atoms with E-state index in [0.29, 0.717) is 0 Å². The van der Waals surface area contributed by atoms with Crippen LogP contribution in [-0.2, 0) is 23.3 Å². The van der Waals surface area contributed by atoms with Crippen molar-refractivity contribution in [1.29, 1.82) is 5.26 Å². The lowest BCUT2D eigenvalue weighted by atomic mass is 10.1. The van der Waals surface area contributed by atoms with Gasteiger partial charge in [-0.3, -0.25) is 18.9 Å². The summed E-state index contributed by atoms with van der Waals surface area (Å²) in [5.74, 6) is -1.06. The minimum absolute atomic E-state index is 0.257. The number of aromatic amines is 1. The zero-order valence-electron chi connectivity index (χ0n) is 13.7. The lowest BCUT2D eigenvalue weighted by Gasteiger charge is -2.25. The summed E-state index contributed by atoms with van der Waals surface area (Å²) in [5.41, 5.74) is -1.89. The molecule has 0 saturated carbocycles. The fourth-order valence-corrected chi connectivity index (χ4v) is 3.36. The van der Waals surface area contributed by atoms with Gasteiger partial charge in [0.2, 0.25) is 0 Å². The molecule has 3 rings (SSSR count). The summed E-state index contributed by atoms with van der Waals surface area (Å²) in [6.45, 7) is 2.70. The molecule has 4 atom stereocenters. The molecule has 0 radical (unpaired) electrons. The van der Waals surface area contributed by atoms with Gasteiger partial charge in [-0.1, -0.05) is 0 Å². The Morgan fingerprint density at radius 3 is 2.65 bits per heavy atom. The second-order valence-corrected chi connectivity index (χ2v) is 7.46. The molecule has 0 bridgehead atoms. The Morgan fingerprint density at radius 1 is 1.38 bits per heavy atom. The molecule has 0 aromatic carbocycles. The maximum absolute atomic E-state index is 12.2. The third kappa shape index (κ3) is 3.65. The molecule has 1 aromatic rings. The van der Waals surface area contributed by atoms with Gasteiger partial charge >= 0.3 is 13.5 Å². The maximum atomic E-state index is 12.2. The third-order valence-electron chi connectivity index (χ3n) is 3.88. The van der Waals surface area contributed by atoms with Gasteiger partial charge in [0.1, 0.15) is 30.1 Å². The Morgan fingerprint density at radius 2 is 2.04 bits per heavy atom. The second-order valence-electron chi connectivity index (χ2n) is 6.22. The highest BCUT2D eigenvalue weighted by molar-refractivity contribution is 7.46. The van der Waals surface area contributed by atoms with Gasteiger partial charge in [0.25, 0.3) is 5.56 Å². The number of nitriles is 1. The van der Waals surface area contributed by atoms with Crippen LogP contribution in [0.15, 0.2) is 15.7 Å². The molecule has 26 heavy (non-hydrogen) atoms. The van der Waals surface area contributed by atoms with E-state index in [2.05, 4.69) is 4.52 Å². The van der Waals surface area contributed by atoms with Crippen LogP contribution < -0.4 is 11.2 Å². The van der Waals surface area contributed by atoms with Gasteiger partial charge in [0, 0.05) is 6.07 Å². The number of ether oxygens (including phenoxy) is 3. The van der Waals surface area contributed by atoms with Crippen molar-refractivity contribution < 1.29 is 33.1 Å². The number of nitrogens with zero attached hydrogens (tertiary/aromatic N) is 2. The molecule has 2 aliphatic heterocycles. The Balaban J connectivity index is 1.99. The molecule has 0 unspecified atom stereocenters. The first-order chi connectivity index (χ1) is 12.0. The molecule has 2 aliphatic rings. The third-order valence-corrected chi connectivity index (χ3v) is 4.36. The van der Waals surface area contributed by atoms with Crippen LogP contribution in [0.1, 0.15) is 25.8 Å². The summed E-state index contributed by atoms with van der Waals surface area (Å²) in [7, 11) is -4.75. The van der Waals surface area contributed by atoms with Crippen LogP contribution in [0, 0.1) is 11.3 Å². The van der Waals surface area contributed by atoms with Crippen molar-refractivity contribution in [3.63, 3.8) is 0 Å². The quantitative estimate of drug-likeness (QED) is 0.538. The monoisotopic (exact) mass is 389 g/mol. The molecule has 3 heterocycles. The fraction of sp³-hybridized carbons (Fsp3) is 0.615. The zero-order valence-corrected chi connectivity index (χ0v) is 14.6. The first kappa shape index (κ1) is 18.9. The number of hydrogen-bond donors (Lipinski definition) is 3. The summed E-state index contributed by atoms with van der Waals surface area (Å²) >= 11 is 0. The summed E-state index contributed by atoms with van der Waals surface area (Å²) in [6, 6.07) is 2.67. The van der Waals surface area contributed by atoms with E-state index < -0.39 is 56.0 Å². The van der Waals surface area contributed by atoms with Gasteiger partial charge in [-0.15, -0.1) is 0 Å². The largest absolute Gasteiger partial charge is 0.469 e. The predicted molar refractivity (Wildman–Crippen MR) is 81.8 cm³/mol. The van der Waals surface area contributed by atoms with E-state index in [1.54, 1.807) is 19.9 Å². The van der Waals surface area contributed by atoms with Gasteiger partial charge < -0.3 is 24.0 Å². The van der Waals surface area contributed by atoms with E-state index in [1.165, 1.54) is 0 Å². The van der Waals surface area contributed by atoms with Crippen molar-refractivity contribution in [2.45, 2.75) is 44.2 Å². The summed E-state index contributed by atoms with van der Waals surface area (Å²) < 4.78 is 33.4. The van der Waals surface area contributed by atoms with Crippen molar-refractivity contribution >= 4 is 7.82 Å². The van der Waals surface area contributed by atoms with Crippen LogP contribution >= 0.6 is 7.82 Å². The number of hydrogen-bond acceptors (Lipinski definition) is 8. The molecule has 0 aliphatic carbocycles. The Kier molecular flexibility index (Phi) is 4.66. The van der Waals surface area contributed by atoms with Gasteiger partial charge in [-0.2, -0.15) is 5.26 Å². The van der Waals surface area contributed by atoms with Crippen LogP contribution in [0.3, 0.4) is 0 Å². The Labute approximate surface area is 146 Å². The lowest BCUT2D eigenvalue weighted by Crippen LogP contribution is -2.39. The Bertz CT molecular complexity index is 911. The molecule has 1 aromatic heterocycles. The lowest BCUT2D eigenvalue weighted by molar-refractivity contribution is -0.200.